The molecule has 0 spiro atoms. The molecule has 0 aliphatic carbocycles. The van der Waals surface area contributed by atoms with Gasteiger partial charge in [0.05, 0.1) is 18.7 Å². The fourth-order valence-corrected chi connectivity index (χ4v) is 3.59. The number of anilines is 1. The second-order valence-electron chi connectivity index (χ2n) is 5.50. The van der Waals surface area contributed by atoms with E-state index in [0.717, 1.165) is 12.1 Å². The molecule has 0 unspecified atom stereocenters. The largest absolute Gasteiger partial charge is 0.493 e. The highest BCUT2D eigenvalue weighted by molar-refractivity contribution is 7.87. The van der Waals surface area contributed by atoms with Crippen LogP contribution in [-0.2, 0) is 21.3 Å². The van der Waals surface area contributed by atoms with Crippen molar-refractivity contribution in [3.05, 3.63) is 47.3 Å². The van der Waals surface area contributed by atoms with Crippen LogP contribution in [0.5, 0.6) is 11.5 Å². The van der Waals surface area contributed by atoms with Crippen molar-refractivity contribution in [2.45, 2.75) is 17.7 Å². The first-order chi connectivity index (χ1) is 12.3. The Morgan fingerprint density at radius 1 is 1.19 bits per heavy atom. The van der Waals surface area contributed by atoms with Crippen molar-refractivity contribution in [1.82, 2.24) is 0 Å². The zero-order chi connectivity index (χ0) is 18.9. The van der Waals surface area contributed by atoms with E-state index in [1.165, 1.54) is 25.3 Å². The number of carbonyl (C=O) groups is 1. The summed E-state index contributed by atoms with van der Waals surface area (Å²) in [4.78, 5) is 10.7. The molecule has 26 heavy (non-hydrogen) atoms. The van der Waals surface area contributed by atoms with Crippen LogP contribution in [0.3, 0.4) is 0 Å². The van der Waals surface area contributed by atoms with E-state index < -0.39 is 20.8 Å². The number of carbonyl (C=O) groups excluding carboxylic acids is 1. The van der Waals surface area contributed by atoms with Crippen molar-refractivity contribution in [3.63, 3.8) is 0 Å². The smallest absolute Gasteiger partial charge is 0.342 e. The minimum Gasteiger partial charge on any atom is -0.493 e. The maximum absolute atomic E-state index is 14.3. The summed E-state index contributed by atoms with van der Waals surface area (Å²) in [5, 5.41) is 11.4. The molecule has 3 rings (SSSR count). The van der Waals surface area contributed by atoms with Gasteiger partial charge in [0.1, 0.15) is 10.7 Å². The minimum absolute atomic E-state index is 0.0262. The van der Waals surface area contributed by atoms with Crippen LogP contribution in [-0.4, -0.2) is 21.4 Å². The van der Waals surface area contributed by atoms with Crippen LogP contribution in [0.1, 0.15) is 17.5 Å². The number of hydrogen-bond acceptors (Lipinski definition) is 6. The Hall–Kier alpha value is -3.12. The second kappa shape index (κ2) is 6.65. The average molecular weight is 376 g/mol. The first-order valence-corrected chi connectivity index (χ1v) is 8.90. The molecule has 0 fully saturated rings. The number of nitriles is 1. The fourth-order valence-electron chi connectivity index (χ4n) is 2.54. The van der Waals surface area contributed by atoms with E-state index in [9.17, 15) is 17.6 Å². The fraction of sp³-hybridized carbons (Fsp3) is 0.176. The number of nitrogens with zero attached hydrogens (tertiary/aromatic N) is 1. The maximum Gasteiger partial charge on any atom is 0.342 e. The van der Waals surface area contributed by atoms with Crippen LogP contribution in [0, 0.1) is 17.1 Å². The molecule has 0 atom stereocenters. The highest BCUT2D eigenvalue weighted by Gasteiger charge is 2.27. The molecule has 1 aliphatic heterocycles. The third-order valence-electron chi connectivity index (χ3n) is 3.81. The van der Waals surface area contributed by atoms with Crippen LogP contribution in [0.25, 0.3) is 0 Å². The van der Waals surface area contributed by atoms with Crippen molar-refractivity contribution in [3.8, 4) is 17.6 Å². The number of halogens is 1. The van der Waals surface area contributed by atoms with Gasteiger partial charge in [-0.3, -0.25) is 4.79 Å². The molecule has 134 valence electrons. The van der Waals surface area contributed by atoms with Crippen LogP contribution in [0.2, 0.25) is 0 Å². The minimum atomic E-state index is -4.49. The quantitative estimate of drug-likeness (QED) is 0.821. The number of benzene rings is 2. The SMILES string of the molecule is COc1cc(C#N)ccc1OS(=O)(=O)c1cc2c(cc1F)NC(=O)CC2. The van der Waals surface area contributed by atoms with E-state index in [1.807, 2.05) is 6.07 Å². The standard InChI is InChI=1S/C17H13FN2O5S/c1-24-15-6-10(9-19)2-4-14(15)25-26(22,23)16-7-11-3-5-17(21)20-13(11)8-12(16)18/h2,4,6-8H,3,5H2,1H3,(H,20,21). The average Bonchev–Trinajstić information content (AvgIpc) is 2.60. The topological polar surface area (TPSA) is 105 Å². The lowest BCUT2D eigenvalue weighted by atomic mass is 10.0. The van der Waals surface area contributed by atoms with Crippen molar-refractivity contribution in [2.24, 2.45) is 0 Å². The molecule has 9 heteroatoms. The van der Waals surface area contributed by atoms with Crippen LogP contribution in [0.4, 0.5) is 10.1 Å². The first-order valence-electron chi connectivity index (χ1n) is 7.49. The lowest BCUT2D eigenvalue weighted by Gasteiger charge is -2.18. The Morgan fingerprint density at radius 2 is 1.96 bits per heavy atom. The zero-order valence-corrected chi connectivity index (χ0v) is 14.4. The third kappa shape index (κ3) is 3.32. The highest BCUT2D eigenvalue weighted by atomic mass is 32.2. The number of ether oxygens (including phenoxy) is 1. The van der Waals surface area contributed by atoms with Crippen LogP contribution >= 0.6 is 0 Å². The summed E-state index contributed by atoms with van der Waals surface area (Å²) < 4.78 is 49.4. The van der Waals surface area contributed by atoms with Gasteiger partial charge in [-0.05, 0) is 36.2 Å². The van der Waals surface area contributed by atoms with Crippen LogP contribution in [0.15, 0.2) is 35.2 Å². The Labute approximate surface area is 149 Å². The summed E-state index contributed by atoms with van der Waals surface area (Å²) in [5.74, 6) is -1.44. The Balaban J connectivity index is 1.99. The van der Waals surface area contributed by atoms with Gasteiger partial charge in [0, 0.05) is 18.2 Å². The summed E-state index contributed by atoms with van der Waals surface area (Å²) in [6.07, 6.45) is 0.479. The predicted octanol–water partition coefficient (Wildman–Crippen LogP) is 2.36. The molecule has 1 amide bonds. The van der Waals surface area contributed by atoms with E-state index in [1.54, 1.807) is 0 Å². The van der Waals surface area contributed by atoms with Crippen molar-refractivity contribution < 1.29 is 26.5 Å². The van der Waals surface area contributed by atoms with Crippen molar-refractivity contribution in [1.29, 1.82) is 5.26 Å². The molecule has 7 nitrogen and oxygen atoms in total. The van der Waals surface area contributed by atoms with Gasteiger partial charge < -0.3 is 14.2 Å². The maximum atomic E-state index is 14.3. The van der Waals surface area contributed by atoms with Gasteiger partial charge in [0.2, 0.25) is 5.91 Å². The summed E-state index contributed by atoms with van der Waals surface area (Å²) in [6, 6.07) is 7.91. The lowest BCUT2D eigenvalue weighted by Crippen LogP contribution is -2.20. The van der Waals surface area contributed by atoms with E-state index in [4.69, 9.17) is 14.2 Å². The van der Waals surface area contributed by atoms with E-state index in [-0.39, 0.29) is 35.1 Å². The molecule has 0 bridgehead atoms. The Morgan fingerprint density at radius 3 is 2.65 bits per heavy atom. The van der Waals surface area contributed by atoms with E-state index in [0.29, 0.717) is 12.0 Å². The lowest BCUT2D eigenvalue weighted by molar-refractivity contribution is -0.116. The molecule has 0 saturated carbocycles. The molecular formula is C17H13FN2O5S. The molecule has 1 aliphatic rings. The van der Waals surface area contributed by atoms with Gasteiger partial charge in [-0.15, -0.1) is 0 Å². The summed E-state index contributed by atoms with van der Waals surface area (Å²) in [6.45, 7) is 0. The Bertz CT molecular complexity index is 1040. The van der Waals surface area contributed by atoms with Gasteiger partial charge in [-0.1, -0.05) is 0 Å². The monoisotopic (exact) mass is 376 g/mol. The number of nitrogens with one attached hydrogen (secondary N) is 1. The Kier molecular flexibility index (Phi) is 4.52. The van der Waals surface area contributed by atoms with Gasteiger partial charge in [0.15, 0.2) is 11.5 Å². The van der Waals surface area contributed by atoms with E-state index in [2.05, 4.69) is 5.32 Å². The highest BCUT2D eigenvalue weighted by Crippen LogP contribution is 2.33. The van der Waals surface area contributed by atoms with E-state index >= 15 is 0 Å². The number of amides is 1. The molecule has 0 radical (unpaired) electrons. The van der Waals surface area contributed by atoms with Gasteiger partial charge in [-0.2, -0.15) is 13.7 Å². The predicted molar refractivity (Wildman–Crippen MR) is 88.9 cm³/mol. The molecule has 2 aromatic rings. The number of methoxy groups -OCH3 is 1. The number of aryl methyl sites for hydroxylation is 1. The summed E-state index contributed by atoms with van der Waals surface area (Å²) in [7, 11) is -3.20. The summed E-state index contributed by atoms with van der Waals surface area (Å²) >= 11 is 0. The molecular weight excluding hydrogens is 363 g/mol. The number of fused-ring (bicyclic) bond motifs is 1. The van der Waals surface area contributed by atoms with Crippen molar-refractivity contribution in [2.75, 3.05) is 12.4 Å². The molecule has 0 saturated heterocycles. The normalized spacial score (nSPS) is 13.3. The second-order valence-corrected chi connectivity index (χ2v) is 7.02. The van der Waals surface area contributed by atoms with Gasteiger partial charge in [0.25, 0.3) is 0 Å². The summed E-state index contributed by atoms with van der Waals surface area (Å²) in [5.41, 5.74) is 0.996. The zero-order valence-electron chi connectivity index (χ0n) is 13.6. The molecule has 0 aromatic heterocycles. The first kappa shape index (κ1) is 17.7. The number of rotatable bonds is 4. The van der Waals surface area contributed by atoms with Crippen molar-refractivity contribution >= 4 is 21.7 Å². The van der Waals surface area contributed by atoms with Crippen LogP contribution < -0.4 is 14.2 Å². The van der Waals surface area contributed by atoms with Gasteiger partial charge in [-0.25, -0.2) is 4.39 Å². The molecule has 1 heterocycles. The van der Waals surface area contributed by atoms with Gasteiger partial charge >= 0.3 is 10.1 Å². The number of hydrogen-bond donors (Lipinski definition) is 1. The molecule has 2 aromatic carbocycles. The third-order valence-corrected chi connectivity index (χ3v) is 5.07. The molecule has 1 N–H and O–H groups in total.